The van der Waals surface area contributed by atoms with E-state index in [2.05, 4.69) is 5.32 Å². The van der Waals surface area contributed by atoms with Crippen molar-refractivity contribution in [3.05, 3.63) is 29.8 Å². The highest BCUT2D eigenvalue weighted by atomic mass is 16.5. The Morgan fingerprint density at radius 2 is 1.84 bits per heavy atom. The van der Waals surface area contributed by atoms with Gasteiger partial charge in [-0.25, -0.2) is 4.79 Å². The molecule has 1 N–H and O–H groups in total. The van der Waals surface area contributed by atoms with Crippen LogP contribution in [0, 0.1) is 0 Å². The van der Waals surface area contributed by atoms with Gasteiger partial charge in [0.25, 0.3) is 0 Å². The molecule has 0 bridgehead atoms. The van der Waals surface area contributed by atoms with Gasteiger partial charge in [0.15, 0.2) is 0 Å². The second kappa shape index (κ2) is 5.09. The molecule has 1 heterocycles. The predicted octanol–water partition coefficient (Wildman–Crippen LogP) is 1.22. The largest absolute Gasteiger partial charge is 0.497 e. The highest BCUT2D eigenvalue weighted by Gasteiger charge is 2.34. The van der Waals surface area contributed by atoms with E-state index in [9.17, 15) is 14.4 Å². The Labute approximate surface area is 110 Å². The zero-order chi connectivity index (χ0) is 14.0. The first-order valence-electron chi connectivity index (χ1n) is 5.82. The van der Waals surface area contributed by atoms with Gasteiger partial charge in [0.05, 0.1) is 13.2 Å². The van der Waals surface area contributed by atoms with E-state index in [0.717, 1.165) is 10.5 Å². The predicted molar refractivity (Wildman–Crippen MR) is 66.4 cm³/mol. The summed E-state index contributed by atoms with van der Waals surface area (Å²) in [7, 11) is 1.56. The number of methoxy groups -OCH3 is 1. The minimum absolute atomic E-state index is 0.299. The molecule has 0 radical (unpaired) electrons. The first-order chi connectivity index (χ1) is 9.02. The van der Waals surface area contributed by atoms with Gasteiger partial charge in [-0.05, 0) is 24.6 Å². The third-order valence-corrected chi connectivity index (χ3v) is 3.03. The Bertz CT molecular complexity index is 504. The standard InChI is InChI=1S/C13H14N2O4/c1-8(9-3-5-10(19-2)6-4-9)15-12(17)7-11(16)14-13(15)18/h3-6,8H,7H2,1-2H3,(H,14,16,18). The van der Waals surface area contributed by atoms with Gasteiger partial charge in [0.2, 0.25) is 11.8 Å². The van der Waals surface area contributed by atoms with Crippen LogP contribution in [0.1, 0.15) is 24.9 Å². The molecule has 1 unspecified atom stereocenters. The lowest BCUT2D eigenvalue weighted by atomic mass is 10.1. The number of imide groups is 2. The van der Waals surface area contributed by atoms with Crippen molar-refractivity contribution in [1.82, 2.24) is 10.2 Å². The second-order valence-corrected chi connectivity index (χ2v) is 4.24. The van der Waals surface area contributed by atoms with Crippen LogP contribution < -0.4 is 10.1 Å². The fourth-order valence-corrected chi connectivity index (χ4v) is 1.98. The normalized spacial score (nSPS) is 17.2. The molecule has 4 amide bonds. The molecule has 1 atom stereocenters. The van der Waals surface area contributed by atoms with Gasteiger partial charge in [-0.2, -0.15) is 0 Å². The summed E-state index contributed by atoms with van der Waals surface area (Å²) in [5.41, 5.74) is 0.790. The number of urea groups is 1. The van der Waals surface area contributed by atoms with Crippen molar-refractivity contribution in [2.45, 2.75) is 19.4 Å². The van der Waals surface area contributed by atoms with Crippen LogP contribution in [-0.2, 0) is 9.59 Å². The zero-order valence-corrected chi connectivity index (χ0v) is 10.7. The Balaban J connectivity index is 2.22. The average molecular weight is 262 g/mol. The summed E-state index contributed by atoms with van der Waals surface area (Å²) >= 11 is 0. The number of amides is 4. The van der Waals surface area contributed by atoms with E-state index in [1.807, 2.05) is 0 Å². The molecule has 1 fully saturated rings. The maximum atomic E-state index is 11.8. The molecule has 6 heteroatoms. The molecule has 1 aromatic carbocycles. The van der Waals surface area contributed by atoms with Gasteiger partial charge >= 0.3 is 6.03 Å². The molecule has 0 aliphatic carbocycles. The van der Waals surface area contributed by atoms with Crippen molar-refractivity contribution in [3.63, 3.8) is 0 Å². The summed E-state index contributed by atoms with van der Waals surface area (Å²) in [5, 5.41) is 2.14. The van der Waals surface area contributed by atoms with Crippen molar-refractivity contribution in [2.75, 3.05) is 7.11 Å². The fraction of sp³-hybridized carbons (Fsp3) is 0.308. The van der Waals surface area contributed by atoms with Crippen LogP contribution in [0.2, 0.25) is 0 Å². The lowest BCUT2D eigenvalue weighted by Crippen LogP contribution is -2.53. The molecule has 2 rings (SSSR count). The van der Waals surface area contributed by atoms with E-state index in [1.165, 1.54) is 0 Å². The molecule has 19 heavy (non-hydrogen) atoms. The smallest absolute Gasteiger partial charge is 0.331 e. The highest BCUT2D eigenvalue weighted by Crippen LogP contribution is 2.24. The van der Waals surface area contributed by atoms with Gasteiger partial charge < -0.3 is 4.74 Å². The number of rotatable bonds is 3. The van der Waals surface area contributed by atoms with E-state index < -0.39 is 23.9 Å². The number of nitrogens with one attached hydrogen (secondary N) is 1. The Hall–Kier alpha value is -2.37. The van der Waals surface area contributed by atoms with Crippen molar-refractivity contribution in [1.29, 1.82) is 0 Å². The summed E-state index contributed by atoms with van der Waals surface area (Å²) in [6.07, 6.45) is -0.299. The van der Waals surface area contributed by atoms with Crippen molar-refractivity contribution in [2.24, 2.45) is 0 Å². The third-order valence-electron chi connectivity index (χ3n) is 3.03. The number of hydrogen-bond donors (Lipinski definition) is 1. The van der Waals surface area contributed by atoms with Crippen LogP contribution in [0.4, 0.5) is 4.79 Å². The third kappa shape index (κ3) is 2.57. The molecule has 1 aliphatic heterocycles. The minimum Gasteiger partial charge on any atom is -0.497 e. The van der Waals surface area contributed by atoms with Crippen LogP contribution in [0.5, 0.6) is 5.75 Å². The highest BCUT2D eigenvalue weighted by molar-refractivity contribution is 6.14. The molecule has 0 spiro atoms. The Kier molecular flexibility index (Phi) is 3.50. The Morgan fingerprint density at radius 1 is 1.21 bits per heavy atom. The van der Waals surface area contributed by atoms with Gasteiger partial charge in [-0.15, -0.1) is 0 Å². The minimum atomic E-state index is -0.676. The lowest BCUT2D eigenvalue weighted by molar-refractivity contribution is -0.137. The van der Waals surface area contributed by atoms with Gasteiger partial charge in [0.1, 0.15) is 12.2 Å². The van der Waals surface area contributed by atoms with Crippen LogP contribution in [-0.4, -0.2) is 29.9 Å². The Morgan fingerprint density at radius 3 is 2.37 bits per heavy atom. The first-order valence-corrected chi connectivity index (χ1v) is 5.82. The number of carbonyl (C=O) groups is 3. The molecule has 0 saturated carbocycles. The molecule has 1 aromatic rings. The molecular formula is C13H14N2O4. The van der Waals surface area contributed by atoms with Gasteiger partial charge in [0, 0.05) is 0 Å². The van der Waals surface area contributed by atoms with Crippen molar-refractivity contribution in [3.8, 4) is 5.75 Å². The van der Waals surface area contributed by atoms with E-state index in [1.54, 1.807) is 38.3 Å². The van der Waals surface area contributed by atoms with Crippen molar-refractivity contribution >= 4 is 17.8 Å². The van der Waals surface area contributed by atoms with E-state index >= 15 is 0 Å². The van der Waals surface area contributed by atoms with Crippen molar-refractivity contribution < 1.29 is 19.1 Å². The maximum absolute atomic E-state index is 11.8. The summed E-state index contributed by atoms with van der Waals surface area (Å²) in [4.78, 5) is 35.6. The van der Waals surface area contributed by atoms with Crippen LogP contribution in [0.25, 0.3) is 0 Å². The quantitative estimate of drug-likeness (QED) is 0.831. The molecule has 100 valence electrons. The number of benzene rings is 1. The zero-order valence-electron chi connectivity index (χ0n) is 10.7. The van der Waals surface area contributed by atoms with Gasteiger partial charge in [-0.1, -0.05) is 12.1 Å². The first kappa shape index (κ1) is 13.1. The molecular weight excluding hydrogens is 248 g/mol. The van der Waals surface area contributed by atoms with E-state index in [-0.39, 0.29) is 6.42 Å². The van der Waals surface area contributed by atoms with Crippen LogP contribution >= 0.6 is 0 Å². The molecule has 1 aliphatic rings. The number of nitrogens with zero attached hydrogens (tertiary/aromatic N) is 1. The lowest BCUT2D eigenvalue weighted by Gasteiger charge is -2.30. The number of carbonyl (C=O) groups excluding carboxylic acids is 3. The van der Waals surface area contributed by atoms with Gasteiger partial charge in [-0.3, -0.25) is 19.8 Å². The maximum Gasteiger partial charge on any atom is 0.331 e. The number of ether oxygens (including phenoxy) is 1. The molecule has 1 saturated heterocycles. The summed E-state index contributed by atoms with van der Waals surface area (Å²) < 4.78 is 5.05. The number of barbiturate groups is 1. The topological polar surface area (TPSA) is 75.7 Å². The number of hydrogen-bond acceptors (Lipinski definition) is 4. The summed E-state index contributed by atoms with van der Waals surface area (Å²) in [6.45, 7) is 1.73. The molecule has 6 nitrogen and oxygen atoms in total. The molecule has 0 aromatic heterocycles. The SMILES string of the molecule is COc1ccc(C(C)N2C(=O)CC(=O)NC2=O)cc1. The average Bonchev–Trinajstić information content (AvgIpc) is 2.37. The summed E-state index contributed by atoms with van der Waals surface area (Å²) in [5.74, 6) is -0.356. The van der Waals surface area contributed by atoms with E-state index in [4.69, 9.17) is 4.74 Å². The van der Waals surface area contributed by atoms with Crippen LogP contribution in [0.15, 0.2) is 24.3 Å². The second-order valence-electron chi connectivity index (χ2n) is 4.24. The summed E-state index contributed by atoms with van der Waals surface area (Å²) in [6, 6.07) is 5.95. The van der Waals surface area contributed by atoms with Crippen LogP contribution in [0.3, 0.4) is 0 Å². The monoisotopic (exact) mass is 262 g/mol. The van der Waals surface area contributed by atoms with E-state index in [0.29, 0.717) is 5.75 Å². The fourth-order valence-electron chi connectivity index (χ4n) is 1.98.